The van der Waals surface area contributed by atoms with E-state index in [1.807, 2.05) is 0 Å². The lowest BCUT2D eigenvalue weighted by Crippen LogP contribution is -2.21. The Bertz CT molecular complexity index is 150. The molecule has 0 saturated carbocycles. The smallest absolute Gasteiger partial charge is 0.351 e. The highest BCUT2D eigenvalue weighted by Gasteiger charge is 2.16. The molecule has 0 rings (SSSR count). The molecule has 1 radical (unpaired) electrons. The van der Waals surface area contributed by atoms with Crippen molar-refractivity contribution in [3.8, 4) is 6.07 Å². The van der Waals surface area contributed by atoms with Crippen molar-refractivity contribution in [3.63, 3.8) is 0 Å². The molecule has 1 unspecified atom stereocenters. The molecule has 4 nitrogen and oxygen atoms in total. The number of carbonyl (C=O) groups excluding carboxylic acids is 1. The molecule has 0 heterocycles. The van der Waals surface area contributed by atoms with Crippen LogP contribution in [0.4, 0.5) is 0 Å². The second kappa shape index (κ2) is 4.77. The summed E-state index contributed by atoms with van der Waals surface area (Å²) in [6, 6.07) is 1.67. The summed E-state index contributed by atoms with van der Waals surface area (Å²) in [5.41, 5.74) is 0. The first-order chi connectivity index (χ1) is 4.72. The van der Waals surface area contributed by atoms with Crippen molar-refractivity contribution in [2.24, 2.45) is 0 Å². The summed E-state index contributed by atoms with van der Waals surface area (Å²) in [5, 5.41) is 18.1. The number of carbonyl (C=O) groups is 1. The minimum Gasteiger partial charge on any atom is -0.351 e. The van der Waals surface area contributed by atoms with Gasteiger partial charge in [0.1, 0.15) is 6.61 Å². The second-order valence-corrected chi connectivity index (χ2v) is 1.69. The quantitative estimate of drug-likeness (QED) is 0.565. The minimum atomic E-state index is -1.27. The predicted molar refractivity (Wildman–Crippen MR) is 31.3 cm³/mol. The number of hydrogen-bond donors (Lipinski definition) is 0. The lowest BCUT2D eigenvalue weighted by atomic mass is 10.3. The molecule has 0 aliphatic rings. The number of rotatable bonds is 4. The van der Waals surface area contributed by atoms with Gasteiger partial charge in [0.25, 0.3) is 0 Å². The summed E-state index contributed by atoms with van der Waals surface area (Å²) in [4.78, 5) is 10.1. The molecule has 0 aromatic heterocycles. The summed E-state index contributed by atoms with van der Waals surface area (Å²) in [7, 11) is 0. The Hall–Kier alpha value is -1.08. The van der Waals surface area contributed by atoms with Crippen LogP contribution in [0.5, 0.6) is 0 Å². The summed E-state index contributed by atoms with van der Waals surface area (Å²) in [6.07, 6.45) is -0.621. The molecule has 0 fully saturated rings. The van der Waals surface area contributed by atoms with Gasteiger partial charge in [-0.3, -0.25) is 0 Å². The summed E-state index contributed by atoms with van der Waals surface area (Å²) >= 11 is 0. The van der Waals surface area contributed by atoms with Gasteiger partial charge in [-0.25, -0.2) is 9.90 Å². The zero-order chi connectivity index (χ0) is 7.98. The molecule has 0 saturated heterocycles. The lowest BCUT2D eigenvalue weighted by molar-refractivity contribution is -0.156. The maximum absolute atomic E-state index is 10.1. The second-order valence-electron chi connectivity index (χ2n) is 1.69. The Morgan fingerprint density at radius 3 is 2.70 bits per heavy atom. The number of hydrogen-bond acceptors (Lipinski definition) is 3. The molecule has 4 heteroatoms. The number of nitrogens with zero attached hydrogens (tertiary/aromatic N) is 1. The van der Waals surface area contributed by atoms with Crippen molar-refractivity contribution in [1.29, 1.82) is 5.26 Å². The van der Waals surface area contributed by atoms with Crippen LogP contribution in [0, 0.1) is 11.3 Å². The molecular formula is C6H8NO3. The molecule has 0 aromatic carbocycles. The Morgan fingerprint density at radius 2 is 2.40 bits per heavy atom. The molecule has 0 amide bonds. The van der Waals surface area contributed by atoms with Crippen LogP contribution < -0.4 is 0 Å². The standard InChI is InChI=1S/C6H8NO3/c1-2-5(6(8)9)10-4-3-7/h5H,2,4H2,1H3. The van der Waals surface area contributed by atoms with Crippen LogP contribution in [0.3, 0.4) is 0 Å². The normalized spacial score (nSPS) is 12.0. The molecule has 55 valence electrons. The predicted octanol–water partition coefficient (Wildman–Crippen LogP) is 0.262. The first-order valence-corrected chi connectivity index (χ1v) is 2.91. The lowest BCUT2D eigenvalue weighted by Gasteiger charge is -2.04. The van der Waals surface area contributed by atoms with Gasteiger partial charge in [0.2, 0.25) is 0 Å². The first kappa shape index (κ1) is 8.92. The van der Waals surface area contributed by atoms with E-state index in [0.29, 0.717) is 6.42 Å². The average Bonchev–Trinajstić information content (AvgIpc) is 1.89. The van der Waals surface area contributed by atoms with Gasteiger partial charge < -0.3 is 4.74 Å². The van der Waals surface area contributed by atoms with E-state index in [2.05, 4.69) is 4.74 Å². The van der Waals surface area contributed by atoms with E-state index in [4.69, 9.17) is 5.26 Å². The molecule has 0 spiro atoms. The number of ether oxygens (including phenoxy) is 1. The SMILES string of the molecule is CCC(OCC#N)C([O])=O. The third kappa shape index (κ3) is 3.05. The van der Waals surface area contributed by atoms with Crippen LogP contribution in [-0.2, 0) is 14.6 Å². The molecule has 0 bridgehead atoms. The molecule has 0 aliphatic carbocycles. The van der Waals surface area contributed by atoms with E-state index in [0.717, 1.165) is 0 Å². The van der Waals surface area contributed by atoms with Crippen LogP contribution in [0.15, 0.2) is 0 Å². The van der Waals surface area contributed by atoms with E-state index in [9.17, 15) is 9.90 Å². The minimum absolute atomic E-state index is 0.202. The van der Waals surface area contributed by atoms with Crippen molar-refractivity contribution < 1.29 is 14.6 Å². The van der Waals surface area contributed by atoms with Crippen LogP contribution in [0.25, 0.3) is 0 Å². The Morgan fingerprint density at radius 1 is 1.80 bits per heavy atom. The molecule has 0 aromatic rings. The Balaban J connectivity index is 3.63. The fourth-order valence-electron chi connectivity index (χ4n) is 0.490. The van der Waals surface area contributed by atoms with Gasteiger partial charge in [0.15, 0.2) is 6.10 Å². The van der Waals surface area contributed by atoms with Gasteiger partial charge in [-0.2, -0.15) is 5.26 Å². The summed E-state index contributed by atoms with van der Waals surface area (Å²) < 4.78 is 4.58. The van der Waals surface area contributed by atoms with E-state index >= 15 is 0 Å². The van der Waals surface area contributed by atoms with Gasteiger partial charge in [-0.15, -0.1) is 0 Å². The van der Waals surface area contributed by atoms with E-state index in [-0.39, 0.29) is 6.61 Å². The first-order valence-electron chi connectivity index (χ1n) is 2.91. The van der Waals surface area contributed by atoms with Crippen molar-refractivity contribution in [2.45, 2.75) is 19.4 Å². The highest BCUT2D eigenvalue weighted by Crippen LogP contribution is 1.96. The molecule has 0 N–H and O–H groups in total. The van der Waals surface area contributed by atoms with Crippen LogP contribution in [-0.4, -0.2) is 18.7 Å². The van der Waals surface area contributed by atoms with E-state index in [1.54, 1.807) is 13.0 Å². The molecule has 1 atom stereocenters. The molecule has 10 heavy (non-hydrogen) atoms. The van der Waals surface area contributed by atoms with Crippen molar-refractivity contribution in [1.82, 2.24) is 0 Å². The van der Waals surface area contributed by atoms with Crippen LogP contribution >= 0.6 is 0 Å². The van der Waals surface area contributed by atoms with Gasteiger partial charge in [0, 0.05) is 0 Å². The maximum atomic E-state index is 10.1. The van der Waals surface area contributed by atoms with Crippen molar-refractivity contribution in [3.05, 3.63) is 0 Å². The highest BCUT2D eigenvalue weighted by atomic mass is 16.5. The van der Waals surface area contributed by atoms with Crippen molar-refractivity contribution in [2.75, 3.05) is 6.61 Å². The van der Waals surface area contributed by atoms with Gasteiger partial charge in [-0.1, -0.05) is 6.92 Å². The van der Waals surface area contributed by atoms with Crippen LogP contribution in [0.1, 0.15) is 13.3 Å². The van der Waals surface area contributed by atoms with Gasteiger partial charge in [0.05, 0.1) is 6.07 Å². The van der Waals surface area contributed by atoms with Gasteiger partial charge >= 0.3 is 5.97 Å². The fourth-order valence-corrected chi connectivity index (χ4v) is 0.490. The average molecular weight is 142 g/mol. The Labute approximate surface area is 59.0 Å². The van der Waals surface area contributed by atoms with Crippen LogP contribution in [0.2, 0.25) is 0 Å². The largest absolute Gasteiger partial charge is 0.384 e. The Kier molecular flexibility index (Phi) is 4.25. The van der Waals surface area contributed by atoms with E-state index in [1.165, 1.54) is 0 Å². The summed E-state index contributed by atoms with van der Waals surface area (Å²) in [6.45, 7) is 1.45. The fraction of sp³-hybridized carbons (Fsp3) is 0.667. The monoisotopic (exact) mass is 142 g/mol. The zero-order valence-corrected chi connectivity index (χ0v) is 5.66. The van der Waals surface area contributed by atoms with E-state index < -0.39 is 12.1 Å². The maximum Gasteiger partial charge on any atom is 0.384 e. The zero-order valence-electron chi connectivity index (χ0n) is 5.66. The van der Waals surface area contributed by atoms with Crippen molar-refractivity contribution >= 4 is 5.97 Å². The number of nitriles is 1. The third-order valence-electron chi connectivity index (χ3n) is 0.983. The molecule has 0 aliphatic heterocycles. The van der Waals surface area contributed by atoms with Gasteiger partial charge in [-0.05, 0) is 6.42 Å². The topological polar surface area (TPSA) is 70.0 Å². The summed E-state index contributed by atoms with van der Waals surface area (Å²) in [5.74, 6) is -1.27. The molecular weight excluding hydrogens is 134 g/mol. The highest BCUT2D eigenvalue weighted by molar-refractivity contribution is 5.71. The third-order valence-corrected chi connectivity index (χ3v) is 0.983.